The van der Waals surface area contributed by atoms with Gasteiger partial charge in [0.15, 0.2) is 0 Å². The molecule has 4 nitrogen and oxygen atoms in total. The Morgan fingerprint density at radius 2 is 2.00 bits per heavy atom. The average Bonchev–Trinajstić information content (AvgIpc) is 2.39. The van der Waals surface area contributed by atoms with Gasteiger partial charge in [-0.3, -0.25) is 4.79 Å². The van der Waals surface area contributed by atoms with Crippen LogP contribution >= 0.6 is 0 Å². The van der Waals surface area contributed by atoms with Crippen molar-refractivity contribution >= 4 is 5.91 Å². The molecule has 0 bridgehead atoms. The highest BCUT2D eigenvalue weighted by molar-refractivity contribution is 5.75. The number of rotatable bonds is 9. The van der Waals surface area contributed by atoms with E-state index < -0.39 is 0 Å². The van der Waals surface area contributed by atoms with Crippen LogP contribution in [0.1, 0.15) is 19.8 Å². The molecule has 100 valence electrons. The molecule has 0 aliphatic heterocycles. The molecule has 1 amide bonds. The fourth-order valence-electron chi connectivity index (χ4n) is 1.52. The number of ether oxygens (including phenoxy) is 1. The van der Waals surface area contributed by atoms with Gasteiger partial charge in [-0.15, -0.1) is 0 Å². The molecule has 0 aliphatic carbocycles. The van der Waals surface area contributed by atoms with Crippen LogP contribution in [0, 0.1) is 0 Å². The first kappa shape index (κ1) is 14.5. The van der Waals surface area contributed by atoms with E-state index in [9.17, 15) is 4.79 Å². The number of hydrogen-bond donors (Lipinski definition) is 2. The predicted molar refractivity (Wildman–Crippen MR) is 72.7 cm³/mol. The molecule has 1 aromatic rings. The smallest absolute Gasteiger partial charge is 0.221 e. The fraction of sp³-hybridized carbons (Fsp3) is 0.500. The van der Waals surface area contributed by atoms with E-state index in [1.807, 2.05) is 37.3 Å². The van der Waals surface area contributed by atoms with E-state index in [4.69, 9.17) is 4.74 Å². The fourth-order valence-corrected chi connectivity index (χ4v) is 1.52. The summed E-state index contributed by atoms with van der Waals surface area (Å²) in [5.74, 6) is 1.00. The van der Waals surface area contributed by atoms with Gasteiger partial charge in [0.1, 0.15) is 5.75 Å². The summed E-state index contributed by atoms with van der Waals surface area (Å²) in [6, 6.07) is 9.78. The minimum absolute atomic E-state index is 0.102. The van der Waals surface area contributed by atoms with Crippen LogP contribution < -0.4 is 15.4 Å². The maximum Gasteiger partial charge on any atom is 0.221 e. The molecular formula is C14H22N2O2. The molecule has 18 heavy (non-hydrogen) atoms. The Morgan fingerprint density at radius 1 is 1.22 bits per heavy atom. The van der Waals surface area contributed by atoms with Gasteiger partial charge in [-0.1, -0.05) is 18.2 Å². The Morgan fingerprint density at radius 3 is 2.72 bits per heavy atom. The predicted octanol–water partition coefficient (Wildman–Crippen LogP) is 1.57. The lowest BCUT2D eigenvalue weighted by atomic mass is 10.3. The first-order valence-electron chi connectivity index (χ1n) is 6.48. The van der Waals surface area contributed by atoms with E-state index in [1.165, 1.54) is 0 Å². The largest absolute Gasteiger partial charge is 0.494 e. The van der Waals surface area contributed by atoms with E-state index in [1.54, 1.807) is 0 Å². The number of carbonyl (C=O) groups excluding carboxylic acids is 1. The molecular weight excluding hydrogens is 228 g/mol. The third kappa shape index (κ3) is 6.91. The van der Waals surface area contributed by atoms with Crippen LogP contribution in [0.15, 0.2) is 30.3 Å². The van der Waals surface area contributed by atoms with Gasteiger partial charge in [0, 0.05) is 19.5 Å². The van der Waals surface area contributed by atoms with Crippen molar-refractivity contribution in [1.82, 2.24) is 10.6 Å². The third-order valence-electron chi connectivity index (χ3n) is 2.41. The van der Waals surface area contributed by atoms with E-state index in [2.05, 4.69) is 10.6 Å². The number of hydrogen-bond acceptors (Lipinski definition) is 3. The first-order chi connectivity index (χ1) is 8.83. The van der Waals surface area contributed by atoms with Crippen molar-refractivity contribution in [2.24, 2.45) is 0 Å². The zero-order chi connectivity index (χ0) is 13.1. The molecule has 1 rings (SSSR count). The molecule has 0 atom stereocenters. The Hall–Kier alpha value is -1.55. The van der Waals surface area contributed by atoms with Gasteiger partial charge in [0.25, 0.3) is 0 Å². The summed E-state index contributed by atoms with van der Waals surface area (Å²) < 4.78 is 5.55. The number of carbonyl (C=O) groups is 1. The van der Waals surface area contributed by atoms with Gasteiger partial charge in [-0.25, -0.2) is 0 Å². The summed E-state index contributed by atoms with van der Waals surface area (Å²) in [4.78, 5) is 11.1. The van der Waals surface area contributed by atoms with Crippen molar-refractivity contribution in [3.63, 3.8) is 0 Å². The van der Waals surface area contributed by atoms with Gasteiger partial charge in [-0.2, -0.15) is 0 Å². The lowest BCUT2D eigenvalue weighted by Crippen LogP contribution is -2.28. The van der Waals surface area contributed by atoms with Crippen LogP contribution in [0.25, 0.3) is 0 Å². The molecule has 1 aromatic carbocycles. The van der Waals surface area contributed by atoms with E-state index >= 15 is 0 Å². The van der Waals surface area contributed by atoms with Crippen molar-refractivity contribution in [1.29, 1.82) is 0 Å². The molecule has 0 heterocycles. The Bertz CT molecular complexity index is 328. The van der Waals surface area contributed by atoms with E-state index in [0.717, 1.165) is 25.3 Å². The summed E-state index contributed by atoms with van der Waals surface area (Å²) >= 11 is 0. The number of amides is 1. The molecule has 0 fully saturated rings. The molecule has 0 aromatic heterocycles. The van der Waals surface area contributed by atoms with E-state index in [0.29, 0.717) is 19.6 Å². The van der Waals surface area contributed by atoms with Gasteiger partial charge in [0.2, 0.25) is 5.91 Å². The van der Waals surface area contributed by atoms with E-state index in [-0.39, 0.29) is 5.91 Å². The zero-order valence-corrected chi connectivity index (χ0v) is 10.9. The van der Waals surface area contributed by atoms with Gasteiger partial charge < -0.3 is 15.4 Å². The lowest BCUT2D eigenvalue weighted by Gasteiger charge is -2.07. The summed E-state index contributed by atoms with van der Waals surface area (Å²) in [5.41, 5.74) is 0. The van der Waals surface area contributed by atoms with Crippen LogP contribution in [-0.4, -0.2) is 32.1 Å². The minimum atomic E-state index is 0.102. The molecule has 0 radical (unpaired) electrons. The van der Waals surface area contributed by atoms with Crippen molar-refractivity contribution in [3.05, 3.63) is 30.3 Å². The van der Waals surface area contributed by atoms with Crippen LogP contribution in [0.5, 0.6) is 5.75 Å². The highest BCUT2D eigenvalue weighted by Crippen LogP contribution is 2.07. The van der Waals surface area contributed by atoms with Crippen molar-refractivity contribution in [2.45, 2.75) is 19.8 Å². The van der Waals surface area contributed by atoms with Crippen LogP contribution in [0.3, 0.4) is 0 Å². The van der Waals surface area contributed by atoms with Crippen LogP contribution in [0.2, 0.25) is 0 Å². The second-order valence-electron chi connectivity index (χ2n) is 3.97. The topological polar surface area (TPSA) is 50.4 Å². The lowest BCUT2D eigenvalue weighted by molar-refractivity contribution is -0.120. The average molecular weight is 250 g/mol. The summed E-state index contributed by atoms with van der Waals surface area (Å²) in [5, 5.41) is 5.99. The normalized spacial score (nSPS) is 10.1. The molecule has 0 saturated carbocycles. The highest BCUT2D eigenvalue weighted by atomic mass is 16.5. The number of para-hydroxylation sites is 1. The number of nitrogens with one attached hydrogen (secondary N) is 2. The van der Waals surface area contributed by atoms with Crippen molar-refractivity contribution < 1.29 is 9.53 Å². The second-order valence-corrected chi connectivity index (χ2v) is 3.97. The van der Waals surface area contributed by atoms with Crippen molar-refractivity contribution in [3.8, 4) is 5.75 Å². The monoisotopic (exact) mass is 250 g/mol. The summed E-state index contributed by atoms with van der Waals surface area (Å²) in [6.07, 6.45) is 1.47. The first-order valence-corrected chi connectivity index (χ1v) is 6.48. The summed E-state index contributed by atoms with van der Waals surface area (Å²) in [6.45, 7) is 4.90. The number of benzene rings is 1. The molecule has 2 N–H and O–H groups in total. The zero-order valence-electron chi connectivity index (χ0n) is 10.9. The van der Waals surface area contributed by atoms with Gasteiger partial charge in [-0.05, 0) is 32.0 Å². The van der Waals surface area contributed by atoms with Crippen LogP contribution in [-0.2, 0) is 4.79 Å². The molecule has 0 unspecified atom stereocenters. The van der Waals surface area contributed by atoms with Gasteiger partial charge in [0.05, 0.1) is 6.61 Å². The Labute approximate surface area is 109 Å². The minimum Gasteiger partial charge on any atom is -0.494 e. The highest BCUT2D eigenvalue weighted by Gasteiger charge is 1.97. The Balaban J connectivity index is 1.92. The molecule has 4 heteroatoms. The third-order valence-corrected chi connectivity index (χ3v) is 2.41. The summed E-state index contributed by atoms with van der Waals surface area (Å²) in [7, 11) is 0. The van der Waals surface area contributed by atoms with Crippen LogP contribution in [0.4, 0.5) is 0 Å². The maximum atomic E-state index is 11.1. The quantitative estimate of drug-likeness (QED) is 0.654. The standard InChI is InChI=1S/C14H22N2O2/c1-2-16-14(17)9-11-15-10-6-12-18-13-7-4-3-5-8-13/h3-5,7-8,15H,2,6,9-12H2,1H3,(H,16,17). The second kappa shape index (κ2) is 9.48. The Kier molecular flexibility index (Phi) is 7.64. The molecule has 0 spiro atoms. The molecule has 0 saturated heterocycles. The van der Waals surface area contributed by atoms with Crippen molar-refractivity contribution in [2.75, 3.05) is 26.2 Å². The van der Waals surface area contributed by atoms with Gasteiger partial charge >= 0.3 is 0 Å². The SMILES string of the molecule is CCNC(=O)CCNCCCOc1ccccc1. The maximum absolute atomic E-state index is 11.1. The molecule has 0 aliphatic rings.